The molecule has 0 saturated heterocycles. The van der Waals surface area contributed by atoms with E-state index in [9.17, 15) is 4.79 Å². The van der Waals surface area contributed by atoms with Crippen LogP contribution in [-0.2, 0) is 11.2 Å². The second-order valence-electron chi connectivity index (χ2n) is 4.25. The largest absolute Gasteiger partial charge is 0.462 e. The molecule has 0 aliphatic heterocycles. The molecule has 0 amide bonds. The van der Waals surface area contributed by atoms with Crippen LogP contribution < -0.4 is 0 Å². The van der Waals surface area contributed by atoms with Gasteiger partial charge in [0.15, 0.2) is 0 Å². The lowest BCUT2D eigenvalue weighted by atomic mass is 10.1. The predicted octanol–water partition coefficient (Wildman–Crippen LogP) is 4.60. The van der Waals surface area contributed by atoms with E-state index in [1.807, 2.05) is 12.1 Å². The number of hydrogen-bond acceptors (Lipinski definition) is 3. The van der Waals surface area contributed by atoms with Crippen LogP contribution in [0.3, 0.4) is 0 Å². The summed E-state index contributed by atoms with van der Waals surface area (Å²) in [6.07, 6.45) is 5.08. The molecule has 0 unspecified atom stereocenters. The van der Waals surface area contributed by atoms with Crippen molar-refractivity contribution in [1.82, 2.24) is 4.98 Å². The highest BCUT2D eigenvalue weighted by atomic mass is 35.5. The van der Waals surface area contributed by atoms with Crippen molar-refractivity contribution in [2.45, 2.75) is 12.8 Å². The molecule has 1 aromatic carbocycles. The maximum Gasteiger partial charge on any atom is 0.338 e. The van der Waals surface area contributed by atoms with Gasteiger partial charge in [-0.25, -0.2) is 4.79 Å². The van der Waals surface area contributed by atoms with E-state index in [4.69, 9.17) is 27.9 Å². The third kappa shape index (κ3) is 5.92. The van der Waals surface area contributed by atoms with Crippen molar-refractivity contribution in [3.8, 4) is 0 Å². The summed E-state index contributed by atoms with van der Waals surface area (Å²) in [5.41, 5.74) is 1.54. The number of halogens is 3. The normalized spacial score (nSPS) is 9.81. The fourth-order valence-electron chi connectivity index (χ4n) is 1.75. The summed E-state index contributed by atoms with van der Waals surface area (Å²) >= 11 is 11.7. The lowest BCUT2D eigenvalue weighted by Crippen LogP contribution is -2.07. The molecule has 0 aliphatic carbocycles. The molecule has 112 valence electrons. The molecule has 0 atom stereocenters. The molecule has 0 fully saturated rings. The molecule has 2 aromatic rings. The van der Waals surface area contributed by atoms with Gasteiger partial charge < -0.3 is 4.74 Å². The first-order valence-electron chi connectivity index (χ1n) is 6.17. The Labute approximate surface area is 139 Å². The minimum atomic E-state index is -0.413. The van der Waals surface area contributed by atoms with E-state index in [2.05, 4.69) is 4.98 Å². The minimum absolute atomic E-state index is 0. The van der Waals surface area contributed by atoms with Crippen LogP contribution >= 0.6 is 35.6 Å². The second kappa shape index (κ2) is 8.88. The summed E-state index contributed by atoms with van der Waals surface area (Å²) in [6.45, 7) is 0.352. The van der Waals surface area contributed by atoms with Crippen molar-refractivity contribution in [3.63, 3.8) is 0 Å². The Kier molecular flexibility index (Phi) is 7.51. The molecule has 0 spiro atoms. The summed E-state index contributed by atoms with van der Waals surface area (Å²) in [5, 5.41) is 0.836. The molecule has 2 rings (SSSR count). The van der Waals surface area contributed by atoms with E-state index in [0.717, 1.165) is 12.8 Å². The van der Waals surface area contributed by atoms with Gasteiger partial charge in [-0.3, -0.25) is 4.98 Å². The first-order chi connectivity index (χ1) is 9.65. The quantitative estimate of drug-likeness (QED) is 0.586. The molecule has 0 aliphatic rings. The van der Waals surface area contributed by atoms with Gasteiger partial charge in [0.25, 0.3) is 0 Å². The van der Waals surface area contributed by atoms with Crippen LogP contribution in [0.15, 0.2) is 42.7 Å². The number of benzene rings is 1. The average molecular weight is 347 g/mol. The fourth-order valence-corrected chi connectivity index (χ4v) is 2.27. The Morgan fingerprint density at radius 2 is 1.71 bits per heavy atom. The van der Waals surface area contributed by atoms with E-state index in [1.54, 1.807) is 30.6 Å². The summed E-state index contributed by atoms with van der Waals surface area (Å²) in [7, 11) is 0. The van der Waals surface area contributed by atoms with Crippen molar-refractivity contribution < 1.29 is 9.53 Å². The zero-order chi connectivity index (χ0) is 14.4. The second-order valence-corrected chi connectivity index (χ2v) is 5.13. The highest BCUT2D eigenvalue weighted by Gasteiger charge is 2.09. The number of rotatable bonds is 5. The zero-order valence-corrected chi connectivity index (χ0v) is 13.4. The minimum Gasteiger partial charge on any atom is -0.462 e. The van der Waals surface area contributed by atoms with Gasteiger partial charge in [0.2, 0.25) is 0 Å². The monoisotopic (exact) mass is 345 g/mol. The van der Waals surface area contributed by atoms with E-state index >= 15 is 0 Å². The number of aromatic nitrogens is 1. The maximum absolute atomic E-state index is 11.8. The van der Waals surface area contributed by atoms with Gasteiger partial charge in [-0.05, 0) is 48.7 Å². The van der Waals surface area contributed by atoms with Crippen LogP contribution in [0.1, 0.15) is 22.3 Å². The Balaban J connectivity index is 0.00000220. The Hall–Kier alpha value is -1.29. The number of pyridine rings is 1. The van der Waals surface area contributed by atoms with Crippen molar-refractivity contribution in [2.24, 2.45) is 0 Å². The number of carbonyl (C=O) groups is 1. The predicted molar refractivity (Wildman–Crippen MR) is 86.6 cm³/mol. The van der Waals surface area contributed by atoms with Gasteiger partial charge in [0.1, 0.15) is 0 Å². The van der Waals surface area contributed by atoms with Gasteiger partial charge in [0.05, 0.1) is 12.2 Å². The molecule has 0 bridgehead atoms. The molecular formula is C15H14Cl3NO2. The maximum atomic E-state index is 11.8. The number of hydrogen-bond donors (Lipinski definition) is 0. The van der Waals surface area contributed by atoms with Gasteiger partial charge in [-0.2, -0.15) is 0 Å². The zero-order valence-electron chi connectivity index (χ0n) is 11.1. The summed E-state index contributed by atoms with van der Waals surface area (Å²) < 4.78 is 5.19. The van der Waals surface area contributed by atoms with Crippen LogP contribution in [0.5, 0.6) is 0 Å². The molecule has 0 radical (unpaired) electrons. The molecule has 3 nitrogen and oxygen atoms in total. The summed E-state index contributed by atoms with van der Waals surface area (Å²) in [5.74, 6) is -0.413. The molecule has 0 saturated carbocycles. The van der Waals surface area contributed by atoms with Crippen molar-refractivity contribution in [2.75, 3.05) is 6.61 Å². The van der Waals surface area contributed by atoms with Gasteiger partial charge in [0, 0.05) is 22.4 Å². The van der Waals surface area contributed by atoms with Gasteiger partial charge in [-0.1, -0.05) is 23.2 Å². The Morgan fingerprint density at radius 3 is 2.33 bits per heavy atom. The van der Waals surface area contributed by atoms with Crippen LogP contribution in [0, 0.1) is 0 Å². The first kappa shape index (κ1) is 17.8. The molecule has 21 heavy (non-hydrogen) atoms. The fraction of sp³-hybridized carbons (Fsp3) is 0.200. The summed E-state index contributed by atoms with van der Waals surface area (Å²) in [6, 6.07) is 8.54. The highest BCUT2D eigenvalue weighted by molar-refractivity contribution is 6.35. The van der Waals surface area contributed by atoms with Gasteiger partial charge in [-0.15, -0.1) is 12.4 Å². The highest BCUT2D eigenvalue weighted by Crippen LogP contribution is 2.19. The first-order valence-corrected chi connectivity index (χ1v) is 6.93. The summed E-state index contributed by atoms with van der Waals surface area (Å²) in [4.78, 5) is 15.8. The number of carbonyl (C=O) groups excluding carboxylic acids is 1. The van der Waals surface area contributed by atoms with Crippen LogP contribution in [0.25, 0.3) is 0 Å². The van der Waals surface area contributed by atoms with Crippen LogP contribution in [0.2, 0.25) is 10.0 Å². The van der Waals surface area contributed by atoms with E-state index < -0.39 is 5.97 Å². The van der Waals surface area contributed by atoms with E-state index in [1.165, 1.54) is 5.56 Å². The van der Waals surface area contributed by atoms with Gasteiger partial charge >= 0.3 is 5.97 Å². The number of esters is 1. The third-order valence-electron chi connectivity index (χ3n) is 2.69. The van der Waals surface area contributed by atoms with Crippen LogP contribution in [0.4, 0.5) is 0 Å². The lowest BCUT2D eigenvalue weighted by molar-refractivity contribution is 0.0500. The molecule has 6 heteroatoms. The molecular weight excluding hydrogens is 333 g/mol. The van der Waals surface area contributed by atoms with Crippen LogP contribution in [-0.4, -0.2) is 17.6 Å². The number of aryl methyl sites for hydroxylation is 1. The van der Waals surface area contributed by atoms with Crippen molar-refractivity contribution in [1.29, 1.82) is 0 Å². The standard InChI is InChI=1S/C15H13Cl2NO2.ClH/c16-13-8-12(9-14(17)10-13)15(19)20-7-1-2-11-3-5-18-6-4-11;/h3-6,8-10H,1-2,7H2;1H. The Morgan fingerprint density at radius 1 is 1.10 bits per heavy atom. The number of nitrogens with zero attached hydrogens (tertiary/aromatic N) is 1. The smallest absolute Gasteiger partial charge is 0.338 e. The lowest BCUT2D eigenvalue weighted by Gasteiger charge is -2.06. The third-order valence-corrected chi connectivity index (χ3v) is 3.13. The van der Waals surface area contributed by atoms with E-state index in [0.29, 0.717) is 22.2 Å². The number of ether oxygens (including phenoxy) is 1. The van der Waals surface area contributed by atoms with E-state index in [-0.39, 0.29) is 12.4 Å². The van der Waals surface area contributed by atoms with Crippen molar-refractivity contribution in [3.05, 3.63) is 63.9 Å². The molecule has 1 heterocycles. The topological polar surface area (TPSA) is 39.2 Å². The van der Waals surface area contributed by atoms with Crippen molar-refractivity contribution >= 4 is 41.6 Å². The molecule has 1 aromatic heterocycles. The SMILES string of the molecule is Cl.O=C(OCCCc1ccncc1)c1cc(Cl)cc(Cl)c1. The Bertz CT molecular complexity index is 570. The molecule has 0 N–H and O–H groups in total. The average Bonchev–Trinajstić information content (AvgIpc) is 2.43.